The zero-order chi connectivity index (χ0) is 13.9. The number of rotatable bonds is 4. The molecule has 0 aromatic heterocycles. The Hall–Kier alpha value is -1.42. The Balaban J connectivity index is 1.41. The Morgan fingerprint density at radius 3 is 2.35 bits per heavy atom. The van der Waals surface area contributed by atoms with Crippen molar-refractivity contribution in [3.63, 3.8) is 0 Å². The second kappa shape index (κ2) is 4.29. The summed E-state index contributed by atoms with van der Waals surface area (Å²) in [6.45, 7) is 0. The first-order valence-electron chi connectivity index (χ1n) is 7.64. The number of nitrogens with zero attached hydrogens (tertiary/aromatic N) is 1. The molecule has 5 atom stereocenters. The molecule has 1 aromatic rings. The molecule has 4 rings (SSSR count). The van der Waals surface area contributed by atoms with Gasteiger partial charge in [-0.25, -0.2) is 0 Å². The molecule has 20 heavy (non-hydrogen) atoms. The SMILES string of the molecule is NC(Cc1ccc([N+](=O)[O-])cc1)C1C2C3CCC(C3)C12. The van der Waals surface area contributed by atoms with Crippen molar-refractivity contribution in [2.75, 3.05) is 0 Å². The first-order valence-corrected chi connectivity index (χ1v) is 7.64. The first kappa shape index (κ1) is 12.3. The predicted octanol–water partition coefficient (Wildman–Crippen LogP) is 2.76. The predicted molar refractivity (Wildman–Crippen MR) is 76.1 cm³/mol. The molecule has 3 fully saturated rings. The van der Waals surface area contributed by atoms with Crippen LogP contribution in [-0.2, 0) is 6.42 Å². The third kappa shape index (κ3) is 1.78. The number of hydrogen-bond acceptors (Lipinski definition) is 3. The van der Waals surface area contributed by atoms with Gasteiger partial charge < -0.3 is 5.73 Å². The topological polar surface area (TPSA) is 69.2 Å². The number of nitrogens with two attached hydrogens (primary N) is 1. The van der Waals surface area contributed by atoms with Gasteiger partial charge in [-0.2, -0.15) is 0 Å². The molecule has 4 heteroatoms. The summed E-state index contributed by atoms with van der Waals surface area (Å²) in [5.74, 6) is 4.44. The number of non-ortho nitro benzene ring substituents is 1. The molecule has 0 radical (unpaired) electrons. The lowest BCUT2D eigenvalue weighted by molar-refractivity contribution is -0.384. The summed E-state index contributed by atoms with van der Waals surface area (Å²) in [6.07, 6.45) is 5.16. The lowest BCUT2D eigenvalue weighted by atomic mass is 9.94. The van der Waals surface area contributed by atoms with E-state index in [0.29, 0.717) is 0 Å². The van der Waals surface area contributed by atoms with Crippen molar-refractivity contribution in [3.8, 4) is 0 Å². The van der Waals surface area contributed by atoms with Gasteiger partial charge in [0, 0.05) is 18.2 Å². The van der Waals surface area contributed by atoms with Crippen LogP contribution in [0.5, 0.6) is 0 Å². The highest BCUT2D eigenvalue weighted by Crippen LogP contribution is 2.70. The lowest BCUT2D eigenvalue weighted by Crippen LogP contribution is -2.28. The number of nitro benzene ring substituents is 1. The second-order valence-corrected chi connectivity index (χ2v) is 6.86. The second-order valence-electron chi connectivity index (χ2n) is 6.86. The van der Waals surface area contributed by atoms with E-state index in [4.69, 9.17) is 5.73 Å². The Morgan fingerprint density at radius 2 is 1.80 bits per heavy atom. The smallest absolute Gasteiger partial charge is 0.269 e. The highest BCUT2D eigenvalue weighted by atomic mass is 16.6. The maximum absolute atomic E-state index is 10.6. The molecule has 2 N–H and O–H groups in total. The fourth-order valence-corrected chi connectivity index (χ4v) is 5.13. The van der Waals surface area contributed by atoms with E-state index in [1.54, 1.807) is 12.1 Å². The van der Waals surface area contributed by atoms with E-state index in [1.165, 1.54) is 19.3 Å². The molecule has 0 amide bonds. The quantitative estimate of drug-likeness (QED) is 0.677. The Morgan fingerprint density at radius 1 is 1.20 bits per heavy atom. The average Bonchev–Trinajstić information content (AvgIpc) is 2.89. The van der Waals surface area contributed by atoms with Gasteiger partial charge in [0.25, 0.3) is 5.69 Å². The van der Waals surface area contributed by atoms with Crippen molar-refractivity contribution in [1.82, 2.24) is 0 Å². The van der Waals surface area contributed by atoms with Crippen molar-refractivity contribution in [2.24, 2.45) is 35.3 Å². The van der Waals surface area contributed by atoms with Crippen LogP contribution in [0.25, 0.3) is 0 Å². The molecule has 0 heterocycles. The van der Waals surface area contributed by atoms with E-state index in [-0.39, 0.29) is 16.7 Å². The van der Waals surface area contributed by atoms with Crippen LogP contribution >= 0.6 is 0 Å². The minimum atomic E-state index is -0.354. The van der Waals surface area contributed by atoms with Crippen molar-refractivity contribution in [2.45, 2.75) is 31.7 Å². The van der Waals surface area contributed by atoms with Crippen molar-refractivity contribution >= 4 is 5.69 Å². The molecule has 106 valence electrons. The zero-order valence-electron chi connectivity index (χ0n) is 11.4. The fourth-order valence-electron chi connectivity index (χ4n) is 5.13. The third-order valence-corrected chi connectivity index (χ3v) is 5.91. The van der Waals surface area contributed by atoms with Crippen LogP contribution < -0.4 is 5.73 Å². The van der Waals surface area contributed by atoms with Crippen LogP contribution in [0.1, 0.15) is 24.8 Å². The van der Waals surface area contributed by atoms with E-state index in [0.717, 1.165) is 41.6 Å². The van der Waals surface area contributed by atoms with Crippen LogP contribution in [-0.4, -0.2) is 11.0 Å². The van der Waals surface area contributed by atoms with Gasteiger partial charge in [-0.1, -0.05) is 12.1 Å². The van der Waals surface area contributed by atoms with Gasteiger partial charge >= 0.3 is 0 Å². The van der Waals surface area contributed by atoms with E-state index < -0.39 is 0 Å². The molecule has 3 aliphatic carbocycles. The van der Waals surface area contributed by atoms with Gasteiger partial charge in [0.05, 0.1) is 4.92 Å². The first-order chi connectivity index (χ1) is 9.65. The fraction of sp³-hybridized carbons (Fsp3) is 0.625. The van der Waals surface area contributed by atoms with Crippen LogP contribution in [0, 0.1) is 39.7 Å². The normalized spacial score (nSPS) is 38.5. The standard InChI is InChI=1S/C16H20N2O2/c17-13(7-9-1-5-12(6-2-9)18(19)20)16-14-10-3-4-11(8-10)15(14)16/h1-2,5-6,10-11,13-16H,3-4,7-8,17H2. The molecular weight excluding hydrogens is 252 g/mol. The van der Waals surface area contributed by atoms with Gasteiger partial charge in [0.2, 0.25) is 0 Å². The molecule has 4 nitrogen and oxygen atoms in total. The molecular formula is C16H20N2O2. The maximum atomic E-state index is 10.6. The molecule has 2 bridgehead atoms. The number of hydrogen-bond donors (Lipinski definition) is 1. The number of benzene rings is 1. The minimum Gasteiger partial charge on any atom is -0.327 e. The molecule has 0 saturated heterocycles. The minimum absolute atomic E-state index is 0.156. The van der Waals surface area contributed by atoms with Crippen LogP contribution in [0.15, 0.2) is 24.3 Å². The summed E-state index contributed by atoms with van der Waals surface area (Å²) >= 11 is 0. The third-order valence-electron chi connectivity index (χ3n) is 5.91. The number of fused-ring (bicyclic) bond motifs is 5. The Bertz CT molecular complexity index is 526. The van der Waals surface area contributed by atoms with E-state index in [9.17, 15) is 10.1 Å². The highest BCUT2D eigenvalue weighted by Gasteiger charge is 2.65. The molecule has 0 aliphatic heterocycles. The molecule has 3 saturated carbocycles. The molecule has 5 unspecified atom stereocenters. The lowest BCUT2D eigenvalue weighted by Gasteiger charge is -2.16. The van der Waals surface area contributed by atoms with Crippen LogP contribution in [0.4, 0.5) is 5.69 Å². The largest absolute Gasteiger partial charge is 0.327 e. The number of nitro groups is 1. The Kier molecular flexibility index (Phi) is 2.64. The molecule has 3 aliphatic rings. The van der Waals surface area contributed by atoms with Crippen molar-refractivity contribution < 1.29 is 4.92 Å². The summed E-state index contributed by atoms with van der Waals surface area (Å²) in [6, 6.07) is 7.10. The zero-order valence-corrected chi connectivity index (χ0v) is 11.4. The summed E-state index contributed by atoms with van der Waals surface area (Å²) in [4.78, 5) is 10.3. The van der Waals surface area contributed by atoms with Crippen LogP contribution in [0.2, 0.25) is 0 Å². The summed E-state index contributed by atoms with van der Waals surface area (Å²) < 4.78 is 0. The maximum Gasteiger partial charge on any atom is 0.269 e. The average molecular weight is 272 g/mol. The molecule has 0 spiro atoms. The van der Waals surface area contributed by atoms with Gasteiger partial charge in [-0.3, -0.25) is 10.1 Å². The Labute approximate surface area is 118 Å². The van der Waals surface area contributed by atoms with Gasteiger partial charge in [-0.15, -0.1) is 0 Å². The van der Waals surface area contributed by atoms with Gasteiger partial charge in [-0.05, 0) is 60.8 Å². The highest BCUT2D eigenvalue weighted by molar-refractivity contribution is 5.33. The van der Waals surface area contributed by atoms with Gasteiger partial charge in [0.1, 0.15) is 0 Å². The summed E-state index contributed by atoms with van der Waals surface area (Å²) in [5.41, 5.74) is 7.70. The van der Waals surface area contributed by atoms with E-state index in [1.807, 2.05) is 12.1 Å². The monoisotopic (exact) mass is 272 g/mol. The van der Waals surface area contributed by atoms with Crippen molar-refractivity contribution in [3.05, 3.63) is 39.9 Å². The van der Waals surface area contributed by atoms with E-state index in [2.05, 4.69) is 0 Å². The van der Waals surface area contributed by atoms with E-state index >= 15 is 0 Å². The van der Waals surface area contributed by atoms with Crippen molar-refractivity contribution in [1.29, 1.82) is 0 Å². The van der Waals surface area contributed by atoms with Gasteiger partial charge in [0.15, 0.2) is 0 Å². The van der Waals surface area contributed by atoms with Crippen LogP contribution in [0.3, 0.4) is 0 Å². The molecule has 1 aromatic carbocycles. The summed E-state index contributed by atoms with van der Waals surface area (Å²) in [5, 5.41) is 10.6. The summed E-state index contributed by atoms with van der Waals surface area (Å²) in [7, 11) is 0.